The fourth-order valence-corrected chi connectivity index (χ4v) is 3.70. The van der Waals surface area contributed by atoms with Crippen molar-refractivity contribution in [2.75, 3.05) is 18.8 Å². The molecular formula is C14H19NO3S. The number of hydrogen-bond donors (Lipinski definition) is 0. The number of carbonyl (C=O) groups is 1. The van der Waals surface area contributed by atoms with Gasteiger partial charge >= 0.3 is 0 Å². The number of likely N-dealkylation sites (tertiary alicyclic amines) is 1. The van der Waals surface area contributed by atoms with Crippen molar-refractivity contribution in [3.63, 3.8) is 0 Å². The van der Waals surface area contributed by atoms with Crippen molar-refractivity contribution in [3.05, 3.63) is 35.4 Å². The molecule has 0 unspecified atom stereocenters. The first-order valence-electron chi connectivity index (χ1n) is 6.50. The molecule has 1 heterocycles. The summed E-state index contributed by atoms with van der Waals surface area (Å²) in [5.41, 5.74) is 1.77. The van der Waals surface area contributed by atoms with E-state index in [4.69, 9.17) is 0 Å². The first-order valence-corrected chi connectivity index (χ1v) is 8.32. The smallest absolute Gasteiger partial charge is 0.237 e. The molecular weight excluding hydrogens is 262 g/mol. The fourth-order valence-electron chi connectivity index (χ4n) is 2.35. The Kier molecular flexibility index (Phi) is 4.24. The lowest BCUT2D eigenvalue weighted by Crippen LogP contribution is -2.33. The maximum Gasteiger partial charge on any atom is 0.237 e. The third-order valence-electron chi connectivity index (χ3n) is 3.27. The van der Waals surface area contributed by atoms with Crippen molar-refractivity contribution in [1.29, 1.82) is 0 Å². The Balaban J connectivity index is 2.00. The van der Waals surface area contributed by atoms with Gasteiger partial charge in [0, 0.05) is 13.1 Å². The van der Waals surface area contributed by atoms with Crippen LogP contribution in [0.25, 0.3) is 0 Å². The van der Waals surface area contributed by atoms with Crippen LogP contribution in [0, 0.1) is 6.92 Å². The van der Waals surface area contributed by atoms with Gasteiger partial charge in [0.05, 0.1) is 5.75 Å². The highest BCUT2D eigenvalue weighted by molar-refractivity contribution is 7.91. The van der Waals surface area contributed by atoms with Gasteiger partial charge in [-0.15, -0.1) is 0 Å². The number of amides is 1. The van der Waals surface area contributed by atoms with Crippen LogP contribution >= 0.6 is 0 Å². The highest BCUT2D eigenvalue weighted by Crippen LogP contribution is 2.12. The van der Waals surface area contributed by atoms with Crippen molar-refractivity contribution in [2.45, 2.75) is 25.5 Å². The zero-order valence-corrected chi connectivity index (χ0v) is 11.9. The summed E-state index contributed by atoms with van der Waals surface area (Å²) in [6.45, 7) is 3.31. The third kappa shape index (κ3) is 4.06. The predicted molar refractivity (Wildman–Crippen MR) is 74.5 cm³/mol. The highest BCUT2D eigenvalue weighted by Gasteiger charge is 2.24. The Morgan fingerprint density at radius 1 is 1.26 bits per heavy atom. The second-order valence-corrected chi connectivity index (χ2v) is 7.17. The minimum absolute atomic E-state index is 0.0613. The van der Waals surface area contributed by atoms with Crippen molar-refractivity contribution in [3.8, 4) is 0 Å². The number of sulfone groups is 1. The summed E-state index contributed by atoms with van der Waals surface area (Å²) in [6.07, 6.45) is 1.95. The molecule has 0 aliphatic carbocycles. The molecule has 1 saturated heterocycles. The van der Waals surface area contributed by atoms with Crippen LogP contribution in [0.4, 0.5) is 0 Å². The molecule has 0 atom stereocenters. The van der Waals surface area contributed by atoms with Crippen LogP contribution in [-0.4, -0.2) is 38.1 Å². The summed E-state index contributed by atoms with van der Waals surface area (Å²) in [4.78, 5) is 13.5. The first kappa shape index (κ1) is 14.1. The van der Waals surface area contributed by atoms with Gasteiger partial charge < -0.3 is 4.90 Å². The molecule has 0 bridgehead atoms. The van der Waals surface area contributed by atoms with E-state index in [-0.39, 0.29) is 17.4 Å². The molecule has 0 N–H and O–H groups in total. The normalized spacial score (nSPS) is 15.7. The van der Waals surface area contributed by atoms with E-state index in [2.05, 4.69) is 0 Å². The molecule has 1 aromatic carbocycles. The minimum Gasteiger partial charge on any atom is -0.342 e. The molecule has 1 aliphatic heterocycles. The molecule has 1 amide bonds. The highest BCUT2D eigenvalue weighted by atomic mass is 32.2. The number of carbonyl (C=O) groups excluding carboxylic acids is 1. The summed E-state index contributed by atoms with van der Waals surface area (Å²) < 4.78 is 24.1. The van der Waals surface area contributed by atoms with Gasteiger partial charge in [0.25, 0.3) is 0 Å². The van der Waals surface area contributed by atoms with Gasteiger partial charge in [0.1, 0.15) is 5.75 Å². The lowest BCUT2D eigenvalue weighted by Gasteiger charge is -2.15. The van der Waals surface area contributed by atoms with E-state index < -0.39 is 9.84 Å². The van der Waals surface area contributed by atoms with Crippen LogP contribution in [0.15, 0.2) is 24.3 Å². The van der Waals surface area contributed by atoms with E-state index in [9.17, 15) is 13.2 Å². The first-order chi connectivity index (χ1) is 8.96. The molecule has 1 aromatic rings. The van der Waals surface area contributed by atoms with Gasteiger partial charge in [-0.1, -0.05) is 29.8 Å². The van der Waals surface area contributed by atoms with Crippen molar-refractivity contribution in [2.24, 2.45) is 0 Å². The number of aryl methyl sites for hydroxylation is 1. The van der Waals surface area contributed by atoms with E-state index in [1.54, 1.807) is 11.0 Å². The van der Waals surface area contributed by atoms with E-state index in [1.165, 1.54) is 0 Å². The molecule has 104 valence electrons. The molecule has 1 aliphatic rings. The lowest BCUT2D eigenvalue weighted by atomic mass is 10.2. The van der Waals surface area contributed by atoms with E-state index in [0.717, 1.165) is 24.0 Å². The topological polar surface area (TPSA) is 54.5 Å². The van der Waals surface area contributed by atoms with Gasteiger partial charge in [-0.05, 0) is 25.3 Å². The Hall–Kier alpha value is -1.36. The Morgan fingerprint density at radius 2 is 1.95 bits per heavy atom. The molecule has 0 spiro atoms. The molecule has 4 nitrogen and oxygen atoms in total. The fraction of sp³-hybridized carbons (Fsp3) is 0.500. The maximum absolute atomic E-state index is 12.0. The van der Waals surface area contributed by atoms with Crippen LogP contribution in [0.2, 0.25) is 0 Å². The van der Waals surface area contributed by atoms with Crippen molar-refractivity contribution in [1.82, 2.24) is 4.90 Å². The zero-order valence-electron chi connectivity index (χ0n) is 11.1. The molecule has 0 aromatic heterocycles. The predicted octanol–water partition coefficient (Wildman–Crippen LogP) is 1.53. The maximum atomic E-state index is 12.0. The van der Waals surface area contributed by atoms with Gasteiger partial charge in [-0.25, -0.2) is 8.42 Å². The summed E-state index contributed by atoms with van der Waals surface area (Å²) in [5.74, 6) is -0.694. The standard InChI is InChI=1S/C14H19NO3S/c1-12-5-4-6-13(9-12)10-19(17,18)11-14(16)15-7-2-3-8-15/h4-6,9H,2-3,7-8,10-11H2,1H3. The zero-order chi connectivity index (χ0) is 13.9. The lowest BCUT2D eigenvalue weighted by molar-refractivity contribution is -0.127. The number of benzene rings is 1. The van der Waals surface area contributed by atoms with Crippen LogP contribution in [-0.2, 0) is 20.4 Å². The number of rotatable bonds is 4. The molecule has 2 rings (SSSR count). The SMILES string of the molecule is Cc1cccc(CS(=O)(=O)CC(=O)N2CCCC2)c1. The van der Waals surface area contributed by atoms with E-state index in [0.29, 0.717) is 13.1 Å². The van der Waals surface area contributed by atoms with Crippen LogP contribution in [0.5, 0.6) is 0 Å². The van der Waals surface area contributed by atoms with Crippen molar-refractivity contribution >= 4 is 15.7 Å². The van der Waals surface area contributed by atoms with Gasteiger partial charge in [-0.3, -0.25) is 4.79 Å². The van der Waals surface area contributed by atoms with Crippen molar-refractivity contribution < 1.29 is 13.2 Å². The van der Waals surface area contributed by atoms with Gasteiger partial charge in [0.2, 0.25) is 5.91 Å². The van der Waals surface area contributed by atoms with Crippen LogP contribution in [0.1, 0.15) is 24.0 Å². The van der Waals surface area contributed by atoms with Crippen LogP contribution < -0.4 is 0 Å². The second-order valence-electron chi connectivity index (χ2n) is 5.11. The Bertz CT molecular complexity index is 560. The van der Waals surface area contributed by atoms with Gasteiger partial charge in [0.15, 0.2) is 9.84 Å². The molecule has 0 saturated carbocycles. The van der Waals surface area contributed by atoms with E-state index >= 15 is 0 Å². The van der Waals surface area contributed by atoms with Gasteiger partial charge in [-0.2, -0.15) is 0 Å². The Labute approximate surface area is 114 Å². The largest absolute Gasteiger partial charge is 0.342 e. The Morgan fingerprint density at radius 3 is 2.58 bits per heavy atom. The summed E-state index contributed by atoms with van der Waals surface area (Å²) in [5, 5.41) is 0. The summed E-state index contributed by atoms with van der Waals surface area (Å²) in [7, 11) is -3.38. The molecule has 19 heavy (non-hydrogen) atoms. The minimum atomic E-state index is -3.38. The third-order valence-corrected chi connectivity index (χ3v) is 4.73. The van der Waals surface area contributed by atoms with Crippen LogP contribution in [0.3, 0.4) is 0 Å². The molecule has 1 fully saturated rings. The number of hydrogen-bond acceptors (Lipinski definition) is 3. The summed E-state index contributed by atoms with van der Waals surface area (Å²) >= 11 is 0. The molecule has 5 heteroatoms. The monoisotopic (exact) mass is 281 g/mol. The van der Waals surface area contributed by atoms with E-state index in [1.807, 2.05) is 25.1 Å². The summed E-state index contributed by atoms with van der Waals surface area (Å²) in [6, 6.07) is 7.39. The average molecular weight is 281 g/mol. The number of nitrogens with zero attached hydrogens (tertiary/aromatic N) is 1. The quantitative estimate of drug-likeness (QED) is 0.841. The molecule has 0 radical (unpaired) electrons. The average Bonchev–Trinajstić information content (AvgIpc) is 2.80. The second kappa shape index (κ2) is 5.74.